The summed E-state index contributed by atoms with van der Waals surface area (Å²) in [6, 6.07) is 0. The molecule has 4 heteroatoms. The second-order valence-electron chi connectivity index (χ2n) is 0.379. The van der Waals surface area contributed by atoms with Crippen LogP contribution in [0.2, 0.25) is 0 Å². The Balaban J connectivity index is 2.80. The summed E-state index contributed by atoms with van der Waals surface area (Å²) in [6.45, 7) is 0. The molecule has 0 aliphatic heterocycles. The van der Waals surface area contributed by atoms with Crippen molar-refractivity contribution in [3.63, 3.8) is 0 Å². The minimum absolute atomic E-state index is 0.778. The second-order valence-corrected chi connectivity index (χ2v) is 2.72. The van der Waals surface area contributed by atoms with Gasteiger partial charge in [-0.3, -0.25) is 0 Å². The van der Waals surface area contributed by atoms with Crippen molar-refractivity contribution in [3.8, 4) is 0 Å². The Hall–Kier alpha value is 0.847. The van der Waals surface area contributed by atoms with Gasteiger partial charge in [-0.15, -0.1) is 0 Å². The minimum atomic E-state index is 0.778. The third-order valence-corrected chi connectivity index (χ3v) is 0. The molecule has 0 unspecified atom stereocenters. The Labute approximate surface area is 44.5 Å². The number of hydrogen-bond donors (Lipinski definition) is 0. The zero-order valence-electron chi connectivity index (χ0n) is 2.06. The van der Waals surface area contributed by atoms with E-state index < -0.39 is 0 Å². The van der Waals surface area contributed by atoms with Gasteiger partial charge in [0.2, 0.25) is 0 Å². The molecule has 0 saturated heterocycles. The SMILES string of the molecule is O=[N+]([AlH])[Ti-]. The molecule has 2 nitrogen and oxygen atoms in total. The molecule has 0 amide bonds. The molecule has 0 aliphatic rings. The predicted molar refractivity (Wildman–Crippen MR) is 10.8 cm³/mol. The summed E-state index contributed by atoms with van der Waals surface area (Å²) in [7, 11) is 0. The fraction of sp³-hybridized carbons (Fsp3) is 0. The first-order valence-corrected chi connectivity index (χ1v) is 2.05. The molecule has 1 radical (unpaired) electrons. The topological polar surface area (TPSA) is 20.1 Å². The Morgan fingerprint density at radius 2 is 2.00 bits per heavy atom. The quantitative estimate of drug-likeness (QED) is 0.364. The van der Waals surface area contributed by atoms with E-state index in [4.69, 9.17) is 0 Å². The van der Waals surface area contributed by atoms with E-state index >= 15 is 0 Å². The van der Waals surface area contributed by atoms with Crippen molar-refractivity contribution in [3.05, 3.63) is 4.91 Å². The van der Waals surface area contributed by atoms with E-state index in [-0.39, 0.29) is 0 Å². The van der Waals surface area contributed by atoms with Gasteiger partial charge in [-0.2, -0.15) is 0 Å². The number of hydrogen-bond acceptors (Lipinski definition) is 1. The molecule has 0 N–H and O–H groups in total. The second kappa shape index (κ2) is 2.11. The first-order chi connectivity index (χ1) is 1.73. The third-order valence-electron chi connectivity index (χ3n) is 0. The molecular formula is HAlNOTi. The molecule has 19 valence electrons. The Bertz CT molecular complexity index is 31.0. The van der Waals surface area contributed by atoms with Crippen molar-refractivity contribution in [2.75, 3.05) is 0 Å². The number of nitrogens with zero attached hydrogens (tertiary/aromatic N) is 1. The van der Waals surface area contributed by atoms with Gasteiger partial charge < -0.3 is 0 Å². The van der Waals surface area contributed by atoms with Crippen LogP contribution in [0.25, 0.3) is 0 Å². The van der Waals surface area contributed by atoms with Gasteiger partial charge in [-0.05, 0) is 0 Å². The molecule has 4 heavy (non-hydrogen) atoms. The maximum atomic E-state index is 9.37. The van der Waals surface area contributed by atoms with E-state index in [0.717, 1.165) is 2.23 Å². The summed E-state index contributed by atoms with van der Waals surface area (Å²) in [6.07, 6.45) is 0. The van der Waals surface area contributed by atoms with Crippen LogP contribution in [0.4, 0.5) is 0 Å². The van der Waals surface area contributed by atoms with Gasteiger partial charge in [0.05, 0.1) is 0 Å². The van der Waals surface area contributed by atoms with Gasteiger partial charge in [-0.1, -0.05) is 0 Å². The molecule has 0 aliphatic carbocycles. The molecule has 0 aromatic carbocycles. The molecule has 0 rings (SSSR count). The standard InChI is InChI=1S/Al.NO.Ti.H/c;1-2;;/q;+1;-1;. The van der Waals surface area contributed by atoms with Crippen LogP contribution in [0.1, 0.15) is 0 Å². The van der Waals surface area contributed by atoms with Crippen LogP contribution >= 0.6 is 0 Å². The first-order valence-electron chi connectivity index (χ1n) is 0.722. The molecule has 0 atom stereocenters. The van der Waals surface area contributed by atoms with Gasteiger partial charge in [0.1, 0.15) is 0 Å². The van der Waals surface area contributed by atoms with E-state index in [1.165, 1.54) is 37.2 Å². The molecule has 0 heterocycles. The number of nitroso groups, excluding NO2 is 1. The number of rotatable bonds is 0. The van der Waals surface area contributed by atoms with Gasteiger partial charge in [0.15, 0.2) is 0 Å². The molecule has 0 spiro atoms. The average molecular weight is 106 g/mol. The zero-order valence-corrected chi connectivity index (χ0v) is 5.04. The monoisotopic (exact) mass is 106 g/mol. The summed E-state index contributed by atoms with van der Waals surface area (Å²) in [5, 5.41) is 0. The maximum absolute atomic E-state index is 9.37. The zero-order chi connectivity index (χ0) is 3.58. The van der Waals surface area contributed by atoms with E-state index in [1.807, 2.05) is 0 Å². The fourth-order valence-corrected chi connectivity index (χ4v) is 0. The van der Waals surface area contributed by atoms with Crippen molar-refractivity contribution >= 4 is 16.5 Å². The van der Waals surface area contributed by atoms with E-state index in [1.54, 1.807) is 0 Å². The van der Waals surface area contributed by atoms with Crippen LogP contribution < -0.4 is 0 Å². The normalized spacial score (nSPS) is 6.00. The van der Waals surface area contributed by atoms with Crippen molar-refractivity contribution in [2.24, 2.45) is 0 Å². The van der Waals surface area contributed by atoms with E-state index in [0.29, 0.717) is 0 Å². The first kappa shape index (κ1) is 4.85. The van der Waals surface area contributed by atoms with Gasteiger partial charge in [0.25, 0.3) is 0 Å². The fourth-order valence-electron chi connectivity index (χ4n) is 0. The van der Waals surface area contributed by atoms with Crippen molar-refractivity contribution in [1.82, 2.24) is 0 Å². The van der Waals surface area contributed by atoms with Crippen LogP contribution in [0.15, 0.2) is 0 Å². The van der Waals surface area contributed by atoms with Crippen LogP contribution in [0.5, 0.6) is 0 Å². The Morgan fingerprint density at radius 1 is 2.00 bits per heavy atom. The third kappa shape index (κ3) is 13.5. The molecule has 0 saturated carbocycles. The van der Waals surface area contributed by atoms with Crippen molar-refractivity contribution < 1.29 is 22.9 Å². The Morgan fingerprint density at radius 3 is 2.00 bits per heavy atom. The van der Waals surface area contributed by atoms with Gasteiger partial charge >= 0.3 is 44.3 Å². The van der Waals surface area contributed by atoms with E-state index in [9.17, 15) is 4.91 Å². The molecule has 0 aromatic rings. The summed E-state index contributed by atoms with van der Waals surface area (Å²) in [5.74, 6) is 0. The van der Waals surface area contributed by atoms with Gasteiger partial charge in [0, 0.05) is 0 Å². The van der Waals surface area contributed by atoms with Crippen molar-refractivity contribution in [1.29, 1.82) is 0 Å². The van der Waals surface area contributed by atoms with Crippen LogP contribution in [-0.2, 0) is 20.7 Å². The van der Waals surface area contributed by atoms with E-state index in [2.05, 4.69) is 0 Å². The molecule has 0 aromatic heterocycles. The molecular weight excluding hydrogens is 105 g/mol. The molecule has 0 fully saturated rings. The average Bonchev–Trinajstić information content (AvgIpc) is 0.811. The Kier molecular flexibility index (Phi) is 2.55. The summed E-state index contributed by atoms with van der Waals surface area (Å²) < 4.78 is 0.778. The predicted octanol–water partition coefficient (Wildman–Crippen LogP) is -0.957. The van der Waals surface area contributed by atoms with Crippen LogP contribution in [0.3, 0.4) is 0 Å². The summed E-state index contributed by atoms with van der Waals surface area (Å²) >= 11 is 2.74. The van der Waals surface area contributed by atoms with Crippen molar-refractivity contribution in [2.45, 2.75) is 0 Å². The summed E-state index contributed by atoms with van der Waals surface area (Å²) in [5.41, 5.74) is 0. The van der Waals surface area contributed by atoms with Crippen LogP contribution in [0, 0.1) is 4.91 Å². The molecule has 0 bridgehead atoms. The van der Waals surface area contributed by atoms with Crippen LogP contribution in [-0.4, -0.2) is 18.7 Å². The summed E-state index contributed by atoms with van der Waals surface area (Å²) in [4.78, 5) is 9.37. The van der Waals surface area contributed by atoms with Gasteiger partial charge in [-0.25, -0.2) is 0 Å².